The Morgan fingerprint density at radius 1 is 1.23 bits per heavy atom. The van der Waals surface area contributed by atoms with Crippen LogP contribution in [0.3, 0.4) is 0 Å². The molecule has 1 heterocycles. The molecule has 136 valence electrons. The van der Waals surface area contributed by atoms with Crippen molar-refractivity contribution in [2.45, 2.75) is 6.92 Å². The molecule has 6 nitrogen and oxygen atoms in total. The van der Waals surface area contributed by atoms with Crippen molar-refractivity contribution in [3.8, 4) is 5.75 Å². The Morgan fingerprint density at radius 2 is 2.04 bits per heavy atom. The van der Waals surface area contributed by atoms with Gasteiger partial charge < -0.3 is 19.9 Å². The summed E-state index contributed by atoms with van der Waals surface area (Å²) in [7, 11) is 3.93. The van der Waals surface area contributed by atoms with Gasteiger partial charge in [0.15, 0.2) is 6.61 Å². The van der Waals surface area contributed by atoms with E-state index in [2.05, 4.69) is 5.32 Å². The summed E-state index contributed by atoms with van der Waals surface area (Å²) >= 11 is 0. The van der Waals surface area contributed by atoms with E-state index in [4.69, 9.17) is 4.74 Å². The molecule has 6 heteroatoms. The first-order valence-corrected chi connectivity index (χ1v) is 8.54. The molecular formula is C20H23N3O3. The molecule has 0 spiro atoms. The lowest BCUT2D eigenvalue weighted by molar-refractivity contribution is -0.121. The number of carbonyl (C=O) groups excluding carboxylic acids is 2. The summed E-state index contributed by atoms with van der Waals surface area (Å²) in [6.45, 7) is 3.29. The predicted octanol–water partition coefficient (Wildman–Crippen LogP) is 2.53. The maximum Gasteiger partial charge on any atom is 0.265 e. The highest BCUT2D eigenvalue weighted by molar-refractivity contribution is 6.05. The van der Waals surface area contributed by atoms with Crippen LogP contribution in [0.1, 0.15) is 15.9 Å². The molecule has 0 aliphatic carbocycles. The molecule has 0 aromatic heterocycles. The second-order valence-corrected chi connectivity index (χ2v) is 6.64. The number of fused-ring (bicyclic) bond motifs is 1. The van der Waals surface area contributed by atoms with Crippen LogP contribution in [0, 0.1) is 6.92 Å². The van der Waals surface area contributed by atoms with Crippen molar-refractivity contribution in [3.05, 3.63) is 53.6 Å². The Hall–Kier alpha value is -2.86. The number of amides is 2. The summed E-state index contributed by atoms with van der Waals surface area (Å²) in [5.74, 6) is 0.384. The Bertz CT molecular complexity index is 833. The maximum absolute atomic E-state index is 12.5. The van der Waals surface area contributed by atoms with E-state index < -0.39 is 0 Å². The van der Waals surface area contributed by atoms with Gasteiger partial charge in [0.25, 0.3) is 11.8 Å². The molecule has 0 radical (unpaired) electrons. The van der Waals surface area contributed by atoms with Crippen molar-refractivity contribution in [1.29, 1.82) is 0 Å². The van der Waals surface area contributed by atoms with Crippen LogP contribution in [0.5, 0.6) is 5.75 Å². The van der Waals surface area contributed by atoms with E-state index in [1.165, 1.54) is 0 Å². The highest BCUT2D eigenvalue weighted by Crippen LogP contribution is 2.34. The zero-order valence-electron chi connectivity index (χ0n) is 15.3. The van der Waals surface area contributed by atoms with Crippen LogP contribution in [0.25, 0.3) is 0 Å². The lowest BCUT2D eigenvalue weighted by Crippen LogP contribution is -2.42. The number of carbonyl (C=O) groups is 2. The Morgan fingerprint density at radius 3 is 2.77 bits per heavy atom. The van der Waals surface area contributed by atoms with E-state index in [9.17, 15) is 9.59 Å². The van der Waals surface area contributed by atoms with Crippen LogP contribution in [-0.2, 0) is 4.79 Å². The van der Waals surface area contributed by atoms with E-state index in [1.54, 1.807) is 29.2 Å². The van der Waals surface area contributed by atoms with E-state index in [0.29, 0.717) is 29.2 Å². The summed E-state index contributed by atoms with van der Waals surface area (Å²) in [5, 5.41) is 2.89. The molecule has 0 saturated carbocycles. The molecule has 2 amide bonds. The van der Waals surface area contributed by atoms with E-state index >= 15 is 0 Å². The molecule has 2 aromatic carbocycles. The molecule has 0 saturated heterocycles. The fourth-order valence-electron chi connectivity index (χ4n) is 2.81. The lowest BCUT2D eigenvalue weighted by Gasteiger charge is -2.30. The van der Waals surface area contributed by atoms with Crippen LogP contribution >= 0.6 is 0 Å². The number of anilines is 2. The Labute approximate surface area is 153 Å². The first-order chi connectivity index (χ1) is 12.4. The van der Waals surface area contributed by atoms with Gasteiger partial charge in [0.05, 0.1) is 5.69 Å². The number of aryl methyl sites for hydroxylation is 1. The van der Waals surface area contributed by atoms with E-state index in [-0.39, 0.29) is 18.4 Å². The molecule has 1 aliphatic heterocycles. The van der Waals surface area contributed by atoms with Crippen molar-refractivity contribution >= 4 is 23.2 Å². The van der Waals surface area contributed by atoms with Gasteiger partial charge in [-0.2, -0.15) is 0 Å². The molecule has 1 N–H and O–H groups in total. The number of ether oxygens (including phenoxy) is 1. The van der Waals surface area contributed by atoms with Crippen LogP contribution in [0.15, 0.2) is 42.5 Å². The van der Waals surface area contributed by atoms with Gasteiger partial charge in [-0.05, 0) is 51.4 Å². The topological polar surface area (TPSA) is 61.9 Å². The molecule has 1 aliphatic rings. The van der Waals surface area contributed by atoms with Gasteiger partial charge in [-0.1, -0.05) is 17.7 Å². The van der Waals surface area contributed by atoms with Crippen LogP contribution in [0.4, 0.5) is 11.4 Å². The number of rotatable bonds is 5. The number of nitrogens with one attached hydrogen (secondary N) is 1. The van der Waals surface area contributed by atoms with Gasteiger partial charge in [0.1, 0.15) is 5.75 Å². The van der Waals surface area contributed by atoms with Gasteiger partial charge in [-0.15, -0.1) is 0 Å². The molecule has 3 rings (SSSR count). The third kappa shape index (κ3) is 4.03. The number of benzene rings is 2. The SMILES string of the molecule is Cc1cccc(C(=O)Nc2ccc3c(c2)N(CCN(C)C)C(=O)CO3)c1. The molecular weight excluding hydrogens is 330 g/mol. The van der Waals surface area contributed by atoms with Crippen molar-refractivity contribution in [3.63, 3.8) is 0 Å². The summed E-state index contributed by atoms with van der Waals surface area (Å²) in [6.07, 6.45) is 0. The minimum Gasteiger partial charge on any atom is -0.482 e. The van der Waals surface area contributed by atoms with Crippen LogP contribution < -0.4 is 15.0 Å². The van der Waals surface area contributed by atoms with Gasteiger partial charge in [-0.25, -0.2) is 0 Å². The fourth-order valence-corrected chi connectivity index (χ4v) is 2.81. The third-order valence-corrected chi connectivity index (χ3v) is 4.21. The molecule has 0 atom stereocenters. The summed E-state index contributed by atoms with van der Waals surface area (Å²) in [4.78, 5) is 28.5. The monoisotopic (exact) mass is 353 g/mol. The smallest absolute Gasteiger partial charge is 0.265 e. The van der Waals surface area contributed by atoms with Gasteiger partial charge >= 0.3 is 0 Å². The predicted molar refractivity (Wildman–Crippen MR) is 102 cm³/mol. The van der Waals surface area contributed by atoms with Crippen LogP contribution in [0.2, 0.25) is 0 Å². The zero-order valence-corrected chi connectivity index (χ0v) is 15.3. The third-order valence-electron chi connectivity index (χ3n) is 4.21. The van der Waals surface area contributed by atoms with Crippen molar-refractivity contribution in [1.82, 2.24) is 4.90 Å². The van der Waals surface area contributed by atoms with Crippen LogP contribution in [-0.4, -0.2) is 50.5 Å². The maximum atomic E-state index is 12.5. The van der Waals surface area contributed by atoms with Gasteiger partial charge in [0.2, 0.25) is 0 Å². The standard InChI is InChI=1S/C20H23N3O3/c1-14-5-4-6-15(11-14)20(25)21-16-7-8-18-17(12-16)23(10-9-22(2)3)19(24)13-26-18/h4-8,11-12H,9-10,13H2,1-3H3,(H,21,25). The molecule has 26 heavy (non-hydrogen) atoms. The first kappa shape index (κ1) is 17.9. The van der Waals surface area contributed by atoms with Crippen molar-refractivity contribution in [2.24, 2.45) is 0 Å². The number of hydrogen-bond donors (Lipinski definition) is 1. The summed E-state index contributed by atoms with van der Waals surface area (Å²) in [6, 6.07) is 12.8. The zero-order chi connectivity index (χ0) is 18.7. The van der Waals surface area contributed by atoms with Gasteiger partial charge in [-0.3, -0.25) is 9.59 Å². The largest absolute Gasteiger partial charge is 0.482 e. The average Bonchev–Trinajstić information content (AvgIpc) is 2.60. The van der Waals surface area contributed by atoms with Crippen molar-refractivity contribution < 1.29 is 14.3 Å². The van der Waals surface area contributed by atoms with E-state index in [1.807, 2.05) is 44.1 Å². The molecule has 0 bridgehead atoms. The fraction of sp³-hybridized carbons (Fsp3) is 0.300. The normalized spacial score (nSPS) is 13.4. The quantitative estimate of drug-likeness (QED) is 0.897. The molecule has 0 fully saturated rings. The average molecular weight is 353 g/mol. The summed E-state index contributed by atoms with van der Waals surface area (Å²) in [5.41, 5.74) is 2.94. The first-order valence-electron chi connectivity index (χ1n) is 8.54. The van der Waals surface area contributed by atoms with Gasteiger partial charge in [0, 0.05) is 24.3 Å². The lowest BCUT2D eigenvalue weighted by atomic mass is 10.1. The minimum atomic E-state index is -0.184. The number of nitrogens with zero attached hydrogens (tertiary/aromatic N) is 2. The number of likely N-dealkylation sites (N-methyl/N-ethyl adjacent to an activating group) is 1. The van der Waals surface area contributed by atoms with Crippen molar-refractivity contribution in [2.75, 3.05) is 44.0 Å². The summed E-state index contributed by atoms with van der Waals surface area (Å²) < 4.78 is 5.52. The van der Waals surface area contributed by atoms with E-state index in [0.717, 1.165) is 12.1 Å². The Kier molecular flexibility index (Phi) is 5.23. The number of hydrogen-bond acceptors (Lipinski definition) is 4. The highest BCUT2D eigenvalue weighted by Gasteiger charge is 2.25. The Balaban J connectivity index is 1.82. The second kappa shape index (κ2) is 7.58. The minimum absolute atomic E-state index is 0.0371. The highest BCUT2D eigenvalue weighted by atomic mass is 16.5. The molecule has 2 aromatic rings. The second-order valence-electron chi connectivity index (χ2n) is 6.64. The molecule has 0 unspecified atom stereocenters.